The summed E-state index contributed by atoms with van der Waals surface area (Å²) in [5.74, 6) is -0.917. The van der Waals surface area contributed by atoms with Crippen LogP contribution in [0, 0.1) is 0 Å². The second-order valence-corrected chi connectivity index (χ2v) is 10.5. The molecule has 7 heteroatoms. The van der Waals surface area contributed by atoms with Crippen molar-refractivity contribution in [3.63, 3.8) is 0 Å². The molecular weight excluding hydrogens is 426 g/mol. The van der Waals surface area contributed by atoms with Gasteiger partial charge < -0.3 is 10.4 Å². The molecular formula is C25H49NO5S. The lowest BCUT2D eigenvalue weighted by Gasteiger charge is -2.23. The van der Waals surface area contributed by atoms with Crippen molar-refractivity contribution in [3.8, 4) is 0 Å². The third-order valence-corrected chi connectivity index (χ3v) is 6.50. The maximum absolute atomic E-state index is 12.2. The SMILES string of the molecule is CCCCC/C=C\CCCCCCCC(=O)NC(CS(=O)(=O)O)C(O)CCCCCCC. The first kappa shape index (κ1) is 31.1. The van der Waals surface area contributed by atoms with Crippen molar-refractivity contribution in [2.45, 2.75) is 135 Å². The summed E-state index contributed by atoms with van der Waals surface area (Å²) in [6.45, 7) is 4.34. The first-order chi connectivity index (χ1) is 15.3. The zero-order valence-corrected chi connectivity index (χ0v) is 21.4. The lowest BCUT2D eigenvalue weighted by Crippen LogP contribution is -2.47. The number of unbranched alkanes of at least 4 members (excludes halogenated alkanes) is 12. The Morgan fingerprint density at radius 2 is 1.31 bits per heavy atom. The molecule has 0 aliphatic heterocycles. The van der Waals surface area contributed by atoms with E-state index in [1.807, 2.05) is 0 Å². The molecule has 0 rings (SSSR count). The van der Waals surface area contributed by atoms with Gasteiger partial charge in [-0.15, -0.1) is 0 Å². The molecule has 190 valence electrons. The van der Waals surface area contributed by atoms with Crippen LogP contribution in [-0.4, -0.2) is 41.9 Å². The van der Waals surface area contributed by atoms with Gasteiger partial charge in [0.1, 0.15) is 0 Å². The molecule has 0 fully saturated rings. The molecule has 0 aliphatic rings. The van der Waals surface area contributed by atoms with Gasteiger partial charge in [0.15, 0.2) is 0 Å². The van der Waals surface area contributed by atoms with Gasteiger partial charge in [-0.3, -0.25) is 9.35 Å². The van der Waals surface area contributed by atoms with Crippen molar-refractivity contribution in [1.29, 1.82) is 0 Å². The van der Waals surface area contributed by atoms with Gasteiger partial charge in [0.2, 0.25) is 5.91 Å². The van der Waals surface area contributed by atoms with Crippen molar-refractivity contribution in [1.82, 2.24) is 5.32 Å². The van der Waals surface area contributed by atoms with Gasteiger partial charge in [-0.1, -0.05) is 90.2 Å². The number of carbonyl (C=O) groups excluding carboxylic acids is 1. The third-order valence-electron chi connectivity index (χ3n) is 5.72. The number of aliphatic hydroxyl groups is 1. The molecule has 0 radical (unpaired) electrons. The average molecular weight is 476 g/mol. The van der Waals surface area contributed by atoms with E-state index in [1.54, 1.807) is 0 Å². The van der Waals surface area contributed by atoms with Crippen molar-refractivity contribution < 1.29 is 22.9 Å². The van der Waals surface area contributed by atoms with Crippen LogP contribution < -0.4 is 5.32 Å². The van der Waals surface area contributed by atoms with E-state index in [2.05, 4.69) is 31.3 Å². The van der Waals surface area contributed by atoms with E-state index in [1.165, 1.54) is 25.7 Å². The van der Waals surface area contributed by atoms with Gasteiger partial charge in [0.25, 0.3) is 10.1 Å². The number of carbonyl (C=O) groups is 1. The minimum atomic E-state index is -4.28. The fraction of sp³-hybridized carbons (Fsp3) is 0.880. The Hall–Kier alpha value is -0.920. The van der Waals surface area contributed by atoms with E-state index in [-0.39, 0.29) is 5.91 Å². The number of aliphatic hydroxyl groups excluding tert-OH is 1. The van der Waals surface area contributed by atoms with Gasteiger partial charge in [-0.05, 0) is 38.5 Å². The predicted molar refractivity (Wildman–Crippen MR) is 133 cm³/mol. The summed E-state index contributed by atoms with van der Waals surface area (Å²) in [7, 11) is -4.28. The van der Waals surface area contributed by atoms with Crippen LogP contribution in [0.15, 0.2) is 12.2 Å². The molecule has 0 heterocycles. The Morgan fingerprint density at radius 1 is 0.812 bits per heavy atom. The molecule has 0 aliphatic carbocycles. The van der Waals surface area contributed by atoms with E-state index < -0.39 is 28.0 Å². The summed E-state index contributed by atoms with van der Waals surface area (Å²) >= 11 is 0. The molecule has 0 aromatic heterocycles. The quantitative estimate of drug-likeness (QED) is 0.102. The fourth-order valence-corrected chi connectivity index (χ4v) is 4.50. The largest absolute Gasteiger partial charge is 0.391 e. The molecule has 3 N–H and O–H groups in total. The average Bonchev–Trinajstić information content (AvgIpc) is 2.72. The van der Waals surface area contributed by atoms with Gasteiger partial charge >= 0.3 is 0 Å². The zero-order chi connectivity index (χ0) is 24.1. The number of hydrogen-bond acceptors (Lipinski definition) is 4. The molecule has 0 aromatic rings. The second kappa shape index (κ2) is 20.7. The zero-order valence-electron chi connectivity index (χ0n) is 20.6. The molecule has 0 aromatic carbocycles. The Bertz CT molecular complexity index is 577. The number of hydrogen-bond donors (Lipinski definition) is 3. The molecule has 2 unspecified atom stereocenters. The van der Waals surface area contributed by atoms with Gasteiger partial charge in [0, 0.05) is 6.42 Å². The highest BCUT2D eigenvalue weighted by molar-refractivity contribution is 7.85. The van der Waals surface area contributed by atoms with Gasteiger partial charge in [-0.25, -0.2) is 0 Å². The Kier molecular flexibility index (Phi) is 20.1. The normalized spacial score (nSPS) is 14.0. The molecule has 6 nitrogen and oxygen atoms in total. The van der Waals surface area contributed by atoms with E-state index in [4.69, 9.17) is 0 Å². The monoisotopic (exact) mass is 475 g/mol. The summed E-state index contributed by atoms with van der Waals surface area (Å²) in [6.07, 6.45) is 20.6. The number of amides is 1. The van der Waals surface area contributed by atoms with Crippen LogP contribution in [0.25, 0.3) is 0 Å². The highest BCUT2D eigenvalue weighted by Gasteiger charge is 2.25. The van der Waals surface area contributed by atoms with E-state index in [9.17, 15) is 22.9 Å². The van der Waals surface area contributed by atoms with Gasteiger partial charge in [-0.2, -0.15) is 8.42 Å². The molecule has 0 saturated carbocycles. The van der Waals surface area contributed by atoms with Crippen LogP contribution in [0.5, 0.6) is 0 Å². The molecule has 0 spiro atoms. The summed E-state index contributed by atoms with van der Waals surface area (Å²) in [6, 6.07) is -0.965. The summed E-state index contributed by atoms with van der Waals surface area (Å²) in [5.41, 5.74) is 0. The minimum absolute atomic E-state index is 0.265. The minimum Gasteiger partial charge on any atom is -0.391 e. The maximum atomic E-state index is 12.2. The van der Waals surface area contributed by atoms with E-state index in [0.29, 0.717) is 12.8 Å². The van der Waals surface area contributed by atoms with Crippen molar-refractivity contribution in [2.24, 2.45) is 0 Å². The first-order valence-corrected chi connectivity index (χ1v) is 14.5. The highest BCUT2D eigenvalue weighted by atomic mass is 32.2. The van der Waals surface area contributed by atoms with Crippen molar-refractivity contribution in [2.75, 3.05) is 5.75 Å². The van der Waals surface area contributed by atoms with Crippen LogP contribution in [0.4, 0.5) is 0 Å². The van der Waals surface area contributed by atoms with Crippen LogP contribution in [0.2, 0.25) is 0 Å². The Morgan fingerprint density at radius 3 is 1.94 bits per heavy atom. The first-order valence-electron chi connectivity index (χ1n) is 12.9. The summed E-state index contributed by atoms with van der Waals surface area (Å²) in [5, 5.41) is 13.0. The summed E-state index contributed by atoms with van der Waals surface area (Å²) in [4.78, 5) is 12.2. The lowest BCUT2D eigenvalue weighted by molar-refractivity contribution is -0.122. The van der Waals surface area contributed by atoms with Crippen LogP contribution in [0.1, 0.15) is 123 Å². The Labute approximate surface area is 197 Å². The van der Waals surface area contributed by atoms with Crippen LogP contribution in [0.3, 0.4) is 0 Å². The van der Waals surface area contributed by atoms with Crippen LogP contribution >= 0.6 is 0 Å². The third kappa shape index (κ3) is 21.0. The maximum Gasteiger partial charge on any atom is 0.266 e. The topological polar surface area (TPSA) is 104 Å². The predicted octanol–water partition coefficient (Wildman–Crippen LogP) is 5.95. The summed E-state index contributed by atoms with van der Waals surface area (Å²) < 4.78 is 31.8. The van der Waals surface area contributed by atoms with E-state index >= 15 is 0 Å². The molecule has 2 atom stereocenters. The van der Waals surface area contributed by atoms with E-state index in [0.717, 1.165) is 70.6 Å². The molecule has 32 heavy (non-hydrogen) atoms. The smallest absolute Gasteiger partial charge is 0.266 e. The highest BCUT2D eigenvalue weighted by Crippen LogP contribution is 2.12. The number of nitrogens with one attached hydrogen (secondary N) is 1. The lowest BCUT2D eigenvalue weighted by atomic mass is 10.0. The standard InChI is InChI=1S/C25H49NO5S/c1-3-5-7-9-10-11-12-13-14-15-17-19-21-25(28)26-23(22-32(29,30)31)24(27)20-18-16-8-6-4-2/h10-11,23-24,27H,3-9,12-22H2,1-2H3,(H,26,28)(H,29,30,31)/b11-10-. The fourth-order valence-electron chi connectivity index (χ4n) is 3.74. The van der Waals surface area contributed by atoms with Crippen molar-refractivity contribution >= 4 is 16.0 Å². The molecule has 1 amide bonds. The molecule has 0 bridgehead atoms. The van der Waals surface area contributed by atoms with Gasteiger partial charge in [0.05, 0.1) is 17.9 Å². The number of allylic oxidation sites excluding steroid dienone is 2. The number of rotatable bonds is 22. The van der Waals surface area contributed by atoms with Crippen LogP contribution in [-0.2, 0) is 14.9 Å². The van der Waals surface area contributed by atoms with Crippen molar-refractivity contribution in [3.05, 3.63) is 12.2 Å². The Balaban J connectivity index is 4.05. The molecule has 0 saturated heterocycles. The second-order valence-electron chi connectivity index (χ2n) is 8.97.